The number of carbonyl (C=O) groups excluding carboxylic acids is 1. The molecule has 0 aliphatic rings. The Bertz CT molecular complexity index is 800. The molecular formula is C13H9ClN4O2. The van der Waals surface area contributed by atoms with Crippen molar-refractivity contribution in [2.45, 2.75) is 0 Å². The number of nitrogens with one attached hydrogen (secondary N) is 1. The number of aromatic nitrogens is 4. The number of nitrogens with zero attached hydrogens (tertiary/aromatic N) is 3. The van der Waals surface area contributed by atoms with Crippen LogP contribution in [0.3, 0.4) is 0 Å². The van der Waals surface area contributed by atoms with Crippen LogP contribution >= 0.6 is 11.6 Å². The van der Waals surface area contributed by atoms with E-state index in [9.17, 15) is 4.79 Å². The molecule has 3 heterocycles. The molecule has 0 fully saturated rings. The van der Waals surface area contributed by atoms with E-state index in [1.54, 1.807) is 18.5 Å². The van der Waals surface area contributed by atoms with E-state index in [-0.39, 0.29) is 10.8 Å². The van der Waals surface area contributed by atoms with Gasteiger partial charge in [0.1, 0.15) is 11.2 Å². The molecule has 3 aromatic rings. The smallest absolute Gasteiger partial charge is 0.341 e. The Morgan fingerprint density at radius 2 is 2.25 bits per heavy atom. The summed E-state index contributed by atoms with van der Waals surface area (Å²) < 4.78 is 4.74. The van der Waals surface area contributed by atoms with Gasteiger partial charge in [0.25, 0.3) is 0 Å². The third kappa shape index (κ3) is 2.00. The van der Waals surface area contributed by atoms with Crippen molar-refractivity contribution in [3.8, 4) is 11.3 Å². The molecule has 0 bridgehead atoms. The van der Waals surface area contributed by atoms with Gasteiger partial charge in [0.15, 0.2) is 0 Å². The number of pyridine rings is 1. The van der Waals surface area contributed by atoms with Crippen molar-refractivity contribution in [1.82, 2.24) is 19.9 Å². The first-order valence-electron chi connectivity index (χ1n) is 5.74. The Labute approximate surface area is 118 Å². The highest BCUT2D eigenvalue weighted by atomic mass is 35.5. The lowest BCUT2D eigenvalue weighted by Crippen LogP contribution is -2.06. The summed E-state index contributed by atoms with van der Waals surface area (Å²) in [4.78, 5) is 27.0. The van der Waals surface area contributed by atoms with Crippen LogP contribution in [0.15, 0.2) is 30.7 Å². The van der Waals surface area contributed by atoms with Crippen LogP contribution in [-0.2, 0) is 4.74 Å². The number of halogens is 1. The summed E-state index contributed by atoms with van der Waals surface area (Å²) in [6.45, 7) is 0. The number of aromatic amines is 1. The molecule has 0 aliphatic heterocycles. The monoisotopic (exact) mass is 288 g/mol. The van der Waals surface area contributed by atoms with E-state index >= 15 is 0 Å². The molecule has 0 aromatic carbocycles. The van der Waals surface area contributed by atoms with Crippen LogP contribution in [0, 0.1) is 0 Å². The average Bonchev–Trinajstić information content (AvgIpc) is 2.90. The molecule has 20 heavy (non-hydrogen) atoms. The average molecular weight is 289 g/mol. The molecule has 0 unspecified atom stereocenters. The third-order valence-electron chi connectivity index (χ3n) is 2.87. The second-order valence-corrected chi connectivity index (χ2v) is 4.33. The third-order valence-corrected chi connectivity index (χ3v) is 3.05. The van der Waals surface area contributed by atoms with Crippen molar-refractivity contribution >= 4 is 28.6 Å². The highest BCUT2D eigenvalue weighted by molar-refractivity contribution is 6.28. The molecule has 0 atom stereocenters. The standard InChI is InChI=1S/C13H9ClN4O2/c1-20-12(19)9-6-17-13(14)18-10(9)8-5-16-11-7(8)3-2-4-15-11/h2-6H,1H3,(H,15,16). The molecule has 3 aromatic heterocycles. The first-order valence-corrected chi connectivity index (χ1v) is 6.12. The summed E-state index contributed by atoms with van der Waals surface area (Å²) in [6.07, 6.45) is 4.76. The van der Waals surface area contributed by atoms with Crippen molar-refractivity contribution in [2.24, 2.45) is 0 Å². The number of esters is 1. The second kappa shape index (κ2) is 4.90. The Balaban J connectivity index is 2.28. The lowest BCUT2D eigenvalue weighted by molar-refractivity contribution is 0.0601. The maximum absolute atomic E-state index is 11.8. The number of carbonyl (C=O) groups is 1. The number of rotatable bonds is 2. The fourth-order valence-electron chi connectivity index (χ4n) is 1.98. The molecular weight excluding hydrogens is 280 g/mol. The summed E-state index contributed by atoms with van der Waals surface area (Å²) in [6, 6.07) is 3.69. The van der Waals surface area contributed by atoms with Gasteiger partial charge in [0.2, 0.25) is 5.28 Å². The minimum absolute atomic E-state index is 0.0610. The van der Waals surface area contributed by atoms with Gasteiger partial charge in [0, 0.05) is 29.5 Å². The van der Waals surface area contributed by atoms with E-state index in [1.807, 2.05) is 6.07 Å². The zero-order chi connectivity index (χ0) is 14.1. The Morgan fingerprint density at radius 3 is 3.05 bits per heavy atom. The summed E-state index contributed by atoms with van der Waals surface area (Å²) in [5.74, 6) is -0.519. The molecule has 7 heteroatoms. The zero-order valence-electron chi connectivity index (χ0n) is 10.4. The van der Waals surface area contributed by atoms with Crippen LogP contribution in [0.5, 0.6) is 0 Å². The van der Waals surface area contributed by atoms with Crippen molar-refractivity contribution < 1.29 is 9.53 Å². The molecule has 0 amide bonds. The minimum atomic E-state index is -0.519. The number of methoxy groups -OCH3 is 1. The summed E-state index contributed by atoms with van der Waals surface area (Å²) >= 11 is 5.83. The van der Waals surface area contributed by atoms with E-state index in [4.69, 9.17) is 16.3 Å². The molecule has 6 nitrogen and oxygen atoms in total. The zero-order valence-corrected chi connectivity index (χ0v) is 11.2. The Kier molecular flexibility index (Phi) is 3.08. The van der Waals surface area contributed by atoms with E-state index in [0.717, 1.165) is 10.9 Å². The SMILES string of the molecule is COC(=O)c1cnc(Cl)nc1-c1c[nH]c2ncccc12. The topological polar surface area (TPSA) is 80.8 Å². The summed E-state index contributed by atoms with van der Waals surface area (Å²) in [7, 11) is 1.30. The molecule has 0 saturated carbocycles. The molecule has 0 saturated heterocycles. The van der Waals surface area contributed by atoms with Crippen molar-refractivity contribution in [3.05, 3.63) is 41.6 Å². The Hall–Kier alpha value is -2.47. The van der Waals surface area contributed by atoms with Gasteiger partial charge in [-0.25, -0.2) is 19.7 Å². The molecule has 0 spiro atoms. The van der Waals surface area contributed by atoms with Crippen LogP contribution in [0.25, 0.3) is 22.3 Å². The number of fused-ring (bicyclic) bond motifs is 1. The minimum Gasteiger partial charge on any atom is -0.465 e. The van der Waals surface area contributed by atoms with Crippen molar-refractivity contribution in [2.75, 3.05) is 7.11 Å². The lowest BCUT2D eigenvalue weighted by atomic mass is 10.1. The van der Waals surface area contributed by atoms with E-state index in [0.29, 0.717) is 11.3 Å². The van der Waals surface area contributed by atoms with E-state index in [1.165, 1.54) is 13.3 Å². The molecule has 100 valence electrons. The molecule has 0 aliphatic carbocycles. The van der Waals surface area contributed by atoms with Crippen LogP contribution in [0.4, 0.5) is 0 Å². The summed E-state index contributed by atoms with van der Waals surface area (Å²) in [5, 5.41) is 0.901. The number of ether oxygens (including phenoxy) is 1. The highest BCUT2D eigenvalue weighted by Gasteiger charge is 2.19. The van der Waals surface area contributed by atoms with E-state index in [2.05, 4.69) is 19.9 Å². The normalized spacial score (nSPS) is 10.7. The van der Waals surface area contributed by atoms with Gasteiger partial charge in [-0.15, -0.1) is 0 Å². The van der Waals surface area contributed by atoms with Crippen LogP contribution in [-0.4, -0.2) is 33.0 Å². The predicted octanol–water partition coefficient (Wildman–Crippen LogP) is 2.46. The van der Waals surface area contributed by atoms with Crippen LogP contribution in [0.2, 0.25) is 5.28 Å². The van der Waals surface area contributed by atoms with Gasteiger partial charge in [0.05, 0.1) is 12.8 Å². The molecule has 0 radical (unpaired) electrons. The van der Waals surface area contributed by atoms with Crippen LogP contribution < -0.4 is 0 Å². The van der Waals surface area contributed by atoms with Gasteiger partial charge >= 0.3 is 5.97 Å². The summed E-state index contributed by atoms with van der Waals surface area (Å²) in [5.41, 5.74) is 2.09. The van der Waals surface area contributed by atoms with Gasteiger partial charge in [-0.05, 0) is 23.7 Å². The maximum atomic E-state index is 11.8. The number of hydrogen-bond donors (Lipinski definition) is 1. The molecule has 3 rings (SSSR count). The van der Waals surface area contributed by atoms with E-state index < -0.39 is 5.97 Å². The van der Waals surface area contributed by atoms with Crippen LogP contribution in [0.1, 0.15) is 10.4 Å². The van der Waals surface area contributed by atoms with Gasteiger partial charge in [-0.2, -0.15) is 0 Å². The van der Waals surface area contributed by atoms with Gasteiger partial charge in [-0.3, -0.25) is 0 Å². The lowest BCUT2D eigenvalue weighted by Gasteiger charge is -2.05. The van der Waals surface area contributed by atoms with Gasteiger partial charge in [-0.1, -0.05) is 0 Å². The number of H-pyrrole nitrogens is 1. The van der Waals surface area contributed by atoms with Crippen molar-refractivity contribution in [3.63, 3.8) is 0 Å². The Morgan fingerprint density at radius 1 is 1.40 bits per heavy atom. The van der Waals surface area contributed by atoms with Gasteiger partial charge < -0.3 is 9.72 Å². The quantitative estimate of drug-likeness (QED) is 0.579. The van der Waals surface area contributed by atoms with Crippen molar-refractivity contribution in [1.29, 1.82) is 0 Å². The first kappa shape index (κ1) is 12.6. The first-order chi connectivity index (χ1) is 9.70. The fraction of sp³-hybridized carbons (Fsp3) is 0.0769. The number of hydrogen-bond acceptors (Lipinski definition) is 5. The second-order valence-electron chi connectivity index (χ2n) is 3.99. The fourth-order valence-corrected chi connectivity index (χ4v) is 2.11. The highest BCUT2D eigenvalue weighted by Crippen LogP contribution is 2.29. The largest absolute Gasteiger partial charge is 0.465 e. The maximum Gasteiger partial charge on any atom is 0.341 e. The molecule has 1 N–H and O–H groups in total. The predicted molar refractivity (Wildman–Crippen MR) is 73.5 cm³/mol.